The van der Waals surface area contributed by atoms with Gasteiger partial charge in [-0.1, -0.05) is 18.7 Å². The zero-order valence-electron chi connectivity index (χ0n) is 8.40. The van der Waals surface area contributed by atoms with Gasteiger partial charge in [0.25, 0.3) is 5.91 Å². The smallest absolute Gasteiger partial charge is 0.292 e. The summed E-state index contributed by atoms with van der Waals surface area (Å²) in [7, 11) is 0. The predicted octanol–water partition coefficient (Wildman–Crippen LogP) is 1.89. The summed E-state index contributed by atoms with van der Waals surface area (Å²) >= 11 is 1.61. The van der Waals surface area contributed by atoms with Crippen molar-refractivity contribution in [1.29, 1.82) is 0 Å². The van der Waals surface area contributed by atoms with E-state index < -0.39 is 0 Å². The number of thioether (sulfide) groups is 1. The fourth-order valence-corrected chi connectivity index (χ4v) is 2.20. The highest BCUT2D eigenvalue weighted by Crippen LogP contribution is 2.22. The van der Waals surface area contributed by atoms with Gasteiger partial charge < -0.3 is 4.42 Å². The number of aliphatic imine (C=N–C) groups is 1. The minimum atomic E-state index is -0.233. The van der Waals surface area contributed by atoms with Crippen LogP contribution in [0.15, 0.2) is 27.8 Å². The molecule has 2 rings (SSSR count). The zero-order chi connectivity index (χ0) is 10.7. The van der Waals surface area contributed by atoms with E-state index in [1.54, 1.807) is 23.9 Å². The molecular formula is C10H12N2O2S. The molecule has 1 aliphatic rings. The highest BCUT2D eigenvalue weighted by Gasteiger charge is 2.20. The Hall–Kier alpha value is -1.23. The molecule has 4 nitrogen and oxygen atoms in total. The van der Waals surface area contributed by atoms with Gasteiger partial charge in [-0.15, -0.1) is 0 Å². The van der Waals surface area contributed by atoms with Crippen molar-refractivity contribution in [2.45, 2.75) is 18.6 Å². The van der Waals surface area contributed by atoms with E-state index in [0.717, 1.165) is 13.0 Å². The Morgan fingerprint density at radius 2 is 2.67 bits per heavy atom. The van der Waals surface area contributed by atoms with Crippen molar-refractivity contribution in [3.05, 3.63) is 24.2 Å². The van der Waals surface area contributed by atoms with Crippen LogP contribution >= 0.6 is 11.8 Å². The third-order valence-corrected chi connectivity index (χ3v) is 3.41. The molecule has 1 atom stereocenters. The molecule has 0 aliphatic carbocycles. The van der Waals surface area contributed by atoms with Gasteiger partial charge in [-0.3, -0.25) is 15.1 Å². The van der Waals surface area contributed by atoms with Crippen molar-refractivity contribution in [1.82, 2.24) is 5.32 Å². The van der Waals surface area contributed by atoms with Crippen LogP contribution in [0.25, 0.3) is 0 Å². The third-order valence-electron chi connectivity index (χ3n) is 2.14. The first-order chi connectivity index (χ1) is 7.29. The Labute approximate surface area is 92.1 Å². The molecule has 2 heterocycles. The fraction of sp³-hybridized carbons (Fsp3) is 0.400. The highest BCUT2D eigenvalue weighted by molar-refractivity contribution is 8.14. The van der Waals surface area contributed by atoms with E-state index in [-0.39, 0.29) is 5.91 Å². The second-order valence-electron chi connectivity index (χ2n) is 3.23. The van der Waals surface area contributed by atoms with E-state index in [1.165, 1.54) is 6.26 Å². The lowest BCUT2D eigenvalue weighted by molar-refractivity contribution is 0.0951. The van der Waals surface area contributed by atoms with Crippen LogP contribution in [-0.4, -0.2) is 22.9 Å². The van der Waals surface area contributed by atoms with Crippen molar-refractivity contribution in [2.24, 2.45) is 4.99 Å². The molecule has 0 saturated carbocycles. The molecule has 1 aliphatic heterocycles. The van der Waals surface area contributed by atoms with Crippen molar-refractivity contribution < 1.29 is 9.21 Å². The Balaban J connectivity index is 1.91. The second kappa shape index (κ2) is 4.53. The summed E-state index contributed by atoms with van der Waals surface area (Å²) in [6.07, 6.45) is 2.54. The maximum Gasteiger partial charge on any atom is 0.292 e. The SMILES string of the molecule is CCC1CN=C(NC(=O)c2ccco2)S1. The maximum atomic E-state index is 11.6. The lowest BCUT2D eigenvalue weighted by atomic mass is 10.3. The Morgan fingerprint density at radius 3 is 3.27 bits per heavy atom. The largest absolute Gasteiger partial charge is 0.459 e. The molecule has 5 heteroatoms. The lowest BCUT2D eigenvalue weighted by Gasteiger charge is -2.04. The standard InChI is InChI=1S/C10H12N2O2S/c1-2-7-6-11-10(15-7)12-9(13)8-4-3-5-14-8/h3-5,7H,2,6H2,1H3,(H,11,12,13). The molecule has 0 fully saturated rings. The van der Waals surface area contributed by atoms with Crippen molar-refractivity contribution in [2.75, 3.05) is 6.54 Å². The van der Waals surface area contributed by atoms with E-state index in [1.807, 2.05) is 0 Å². The van der Waals surface area contributed by atoms with Crippen LogP contribution in [0.5, 0.6) is 0 Å². The molecule has 1 amide bonds. The molecule has 0 aromatic carbocycles. The summed E-state index contributed by atoms with van der Waals surface area (Å²) in [5, 5.41) is 3.92. The number of nitrogens with zero attached hydrogens (tertiary/aromatic N) is 1. The Morgan fingerprint density at radius 1 is 1.80 bits per heavy atom. The van der Waals surface area contributed by atoms with E-state index >= 15 is 0 Å². The molecule has 1 N–H and O–H groups in total. The Kier molecular flexibility index (Phi) is 3.11. The van der Waals surface area contributed by atoms with E-state index in [4.69, 9.17) is 4.42 Å². The number of amidine groups is 1. The van der Waals surface area contributed by atoms with Gasteiger partial charge in [0.15, 0.2) is 10.9 Å². The maximum absolute atomic E-state index is 11.6. The number of carbonyl (C=O) groups is 1. The average molecular weight is 224 g/mol. The van der Waals surface area contributed by atoms with Gasteiger partial charge in [0, 0.05) is 5.25 Å². The van der Waals surface area contributed by atoms with Crippen LogP contribution in [0.1, 0.15) is 23.9 Å². The first kappa shape index (κ1) is 10.3. The molecule has 80 valence electrons. The van der Waals surface area contributed by atoms with Crippen molar-refractivity contribution >= 4 is 22.8 Å². The van der Waals surface area contributed by atoms with Crippen LogP contribution in [-0.2, 0) is 0 Å². The predicted molar refractivity (Wildman–Crippen MR) is 60.1 cm³/mol. The van der Waals surface area contributed by atoms with Gasteiger partial charge in [-0.25, -0.2) is 0 Å². The minimum Gasteiger partial charge on any atom is -0.459 e. The summed E-state index contributed by atoms with van der Waals surface area (Å²) in [4.78, 5) is 15.8. The number of amides is 1. The van der Waals surface area contributed by atoms with Gasteiger partial charge in [-0.05, 0) is 18.6 Å². The number of nitrogens with one attached hydrogen (secondary N) is 1. The number of carbonyl (C=O) groups excluding carboxylic acids is 1. The summed E-state index contributed by atoms with van der Waals surface area (Å²) in [5.74, 6) is 0.0845. The number of furan rings is 1. The Bertz CT molecular complexity index is 373. The summed E-state index contributed by atoms with van der Waals surface area (Å²) in [6, 6.07) is 3.32. The minimum absolute atomic E-state index is 0.233. The van der Waals surface area contributed by atoms with E-state index in [2.05, 4.69) is 17.2 Å². The first-order valence-corrected chi connectivity index (χ1v) is 5.73. The molecule has 0 bridgehead atoms. The number of hydrogen-bond donors (Lipinski definition) is 1. The van der Waals surface area contributed by atoms with Crippen molar-refractivity contribution in [3.8, 4) is 0 Å². The molecule has 1 aromatic rings. The van der Waals surface area contributed by atoms with Crippen molar-refractivity contribution in [3.63, 3.8) is 0 Å². The van der Waals surface area contributed by atoms with Gasteiger partial charge in [0.05, 0.1) is 12.8 Å². The molecule has 0 saturated heterocycles. The van der Waals surface area contributed by atoms with Crippen LogP contribution in [0.4, 0.5) is 0 Å². The average Bonchev–Trinajstić information content (AvgIpc) is 2.87. The highest BCUT2D eigenvalue weighted by atomic mass is 32.2. The van der Waals surface area contributed by atoms with Crippen LogP contribution in [0.2, 0.25) is 0 Å². The number of rotatable bonds is 2. The molecule has 15 heavy (non-hydrogen) atoms. The molecule has 0 radical (unpaired) electrons. The van der Waals surface area contributed by atoms with E-state index in [0.29, 0.717) is 16.2 Å². The fourth-order valence-electron chi connectivity index (χ4n) is 1.27. The summed E-state index contributed by atoms with van der Waals surface area (Å²) in [6.45, 7) is 2.90. The van der Waals surface area contributed by atoms with Crippen LogP contribution in [0, 0.1) is 0 Å². The van der Waals surface area contributed by atoms with Crippen LogP contribution in [0.3, 0.4) is 0 Å². The van der Waals surface area contributed by atoms with Crippen LogP contribution < -0.4 is 5.32 Å². The molecule has 1 aromatic heterocycles. The monoisotopic (exact) mass is 224 g/mol. The quantitative estimate of drug-likeness (QED) is 0.834. The first-order valence-electron chi connectivity index (χ1n) is 4.85. The normalized spacial score (nSPS) is 20.1. The number of hydrogen-bond acceptors (Lipinski definition) is 4. The zero-order valence-corrected chi connectivity index (χ0v) is 9.21. The van der Waals surface area contributed by atoms with E-state index in [9.17, 15) is 4.79 Å². The molecule has 1 unspecified atom stereocenters. The third kappa shape index (κ3) is 2.41. The van der Waals surface area contributed by atoms with Gasteiger partial charge in [-0.2, -0.15) is 0 Å². The second-order valence-corrected chi connectivity index (χ2v) is 4.51. The van der Waals surface area contributed by atoms with Gasteiger partial charge in [0.1, 0.15) is 0 Å². The van der Waals surface area contributed by atoms with Gasteiger partial charge in [0.2, 0.25) is 0 Å². The topological polar surface area (TPSA) is 54.6 Å². The molecule has 0 spiro atoms. The summed E-state index contributed by atoms with van der Waals surface area (Å²) < 4.78 is 4.98. The molecular weight excluding hydrogens is 212 g/mol. The lowest BCUT2D eigenvalue weighted by Crippen LogP contribution is -2.27. The summed E-state index contributed by atoms with van der Waals surface area (Å²) in [5.41, 5.74) is 0. The van der Waals surface area contributed by atoms with Gasteiger partial charge >= 0.3 is 0 Å².